The van der Waals surface area contributed by atoms with Crippen LogP contribution in [0.25, 0.3) is 0 Å². The molecule has 2 N–H and O–H groups in total. The van der Waals surface area contributed by atoms with Crippen molar-refractivity contribution in [3.8, 4) is 0 Å². The maximum atomic E-state index is 11.9. The predicted octanol–water partition coefficient (Wildman–Crippen LogP) is 0.0955. The molecule has 2 heterocycles. The van der Waals surface area contributed by atoms with Gasteiger partial charge in [0, 0.05) is 19.0 Å². The molecule has 0 aliphatic carbocycles. The van der Waals surface area contributed by atoms with E-state index in [0.29, 0.717) is 13.0 Å². The summed E-state index contributed by atoms with van der Waals surface area (Å²) < 4.78 is 31.1. The molecule has 1 aliphatic rings. The molecule has 0 radical (unpaired) electrons. The number of sulfonamides is 1. The quantitative estimate of drug-likeness (QED) is 0.788. The Bertz CT molecular complexity index is 568. The molecule has 1 unspecified atom stereocenters. The summed E-state index contributed by atoms with van der Waals surface area (Å²) in [4.78, 5) is 18.1. The summed E-state index contributed by atoms with van der Waals surface area (Å²) in [5.41, 5.74) is -0.432. The van der Waals surface area contributed by atoms with Crippen molar-refractivity contribution in [1.29, 1.82) is 0 Å². The second-order valence-corrected chi connectivity index (χ2v) is 5.84. The average molecular weight is 287 g/mol. The van der Waals surface area contributed by atoms with Crippen LogP contribution in [0.15, 0.2) is 12.4 Å². The number of rotatable bonds is 5. The van der Waals surface area contributed by atoms with Crippen molar-refractivity contribution in [1.82, 2.24) is 9.97 Å². The van der Waals surface area contributed by atoms with Gasteiger partial charge in [0.15, 0.2) is 11.5 Å². The van der Waals surface area contributed by atoms with E-state index in [1.807, 2.05) is 0 Å². The van der Waals surface area contributed by atoms with Gasteiger partial charge in [-0.05, 0) is 12.8 Å². The fourth-order valence-corrected chi connectivity index (χ4v) is 3.06. The molecule has 2 rings (SSSR count). The molecule has 104 valence electrons. The first-order valence-electron chi connectivity index (χ1n) is 5.64. The lowest BCUT2D eigenvalue weighted by molar-refractivity contribution is 0.0691. The zero-order chi connectivity index (χ0) is 13.9. The van der Waals surface area contributed by atoms with Crippen LogP contribution in [0, 0.1) is 0 Å². The number of anilines is 1. The van der Waals surface area contributed by atoms with Gasteiger partial charge in [-0.3, -0.25) is 4.72 Å². The van der Waals surface area contributed by atoms with Crippen molar-refractivity contribution in [3.63, 3.8) is 0 Å². The fraction of sp³-hybridized carbons (Fsp3) is 0.500. The third kappa shape index (κ3) is 3.61. The molecular weight excluding hydrogens is 274 g/mol. The van der Waals surface area contributed by atoms with Crippen molar-refractivity contribution in [2.24, 2.45) is 0 Å². The number of nitrogens with zero attached hydrogens (tertiary/aromatic N) is 2. The van der Waals surface area contributed by atoms with Gasteiger partial charge in [-0.15, -0.1) is 0 Å². The molecule has 0 amide bonds. The van der Waals surface area contributed by atoms with Crippen LogP contribution in [0.1, 0.15) is 23.3 Å². The molecule has 8 nitrogen and oxygen atoms in total. The number of carbonyl (C=O) groups is 1. The number of carboxylic acids is 1. The van der Waals surface area contributed by atoms with Gasteiger partial charge in [-0.2, -0.15) is 0 Å². The van der Waals surface area contributed by atoms with Gasteiger partial charge in [-0.1, -0.05) is 0 Å². The first-order chi connectivity index (χ1) is 8.98. The lowest BCUT2D eigenvalue weighted by Gasteiger charge is -2.12. The van der Waals surface area contributed by atoms with E-state index < -0.39 is 21.7 Å². The Balaban J connectivity index is 2.13. The highest BCUT2D eigenvalue weighted by atomic mass is 32.2. The van der Waals surface area contributed by atoms with Gasteiger partial charge in [0.2, 0.25) is 10.0 Å². The van der Waals surface area contributed by atoms with E-state index in [2.05, 4.69) is 14.7 Å². The molecule has 1 atom stereocenters. The molecule has 0 spiro atoms. The highest BCUT2D eigenvalue weighted by molar-refractivity contribution is 7.92. The van der Waals surface area contributed by atoms with Gasteiger partial charge >= 0.3 is 5.97 Å². The smallest absolute Gasteiger partial charge is 0.358 e. The standard InChI is InChI=1S/C10H13N3O5S/c14-10(15)8-9(12-4-3-11-8)13-19(16,17)6-7-2-1-5-18-7/h3-4,7H,1-2,5-6H2,(H,12,13)(H,14,15). The van der Waals surface area contributed by atoms with E-state index in [0.717, 1.165) is 6.42 Å². The minimum Gasteiger partial charge on any atom is -0.476 e. The van der Waals surface area contributed by atoms with E-state index in [9.17, 15) is 13.2 Å². The fourth-order valence-electron chi connectivity index (χ4n) is 1.78. The summed E-state index contributed by atoms with van der Waals surface area (Å²) in [5, 5.41) is 8.88. The number of hydrogen-bond acceptors (Lipinski definition) is 6. The van der Waals surface area contributed by atoms with Crippen LogP contribution in [0.5, 0.6) is 0 Å². The lowest BCUT2D eigenvalue weighted by Crippen LogP contribution is -2.27. The number of ether oxygens (including phenoxy) is 1. The largest absolute Gasteiger partial charge is 0.476 e. The SMILES string of the molecule is O=C(O)c1nccnc1NS(=O)(=O)CC1CCCO1. The Morgan fingerprint density at radius 3 is 2.84 bits per heavy atom. The Morgan fingerprint density at radius 1 is 1.47 bits per heavy atom. The van der Waals surface area contributed by atoms with E-state index in [1.54, 1.807) is 0 Å². The molecule has 1 saturated heterocycles. The molecule has 0 aromatic carbocycles. The van der Waals surface area contributed by atoms with Gasteiger partial charge in [-0.25, -0.2) is 23.2 Å². The molecule has 19 heavy (non-hydrogen) atoms. The van der Waals surface area contributed by atoms with Gasteiger partial charge in [0.05, 0.1) is 11.9 Å². The maximum Gasteiger partial charge on any atom is 0.358 e. The number of carboxylic acid groups (broad SMARTS) is 1. The summed E-state index contributed by atoms with van der Waals surface area (Å²) in [7, 11) is -3.71. The van der Waals surface area contributed by atoms with Crippen LogP contribution >= 0.6 is 0 Å². The zero-order valence-electron chi connectivity index (χ0n) is 9.94. The van der Waals surface area contributed by atoms with Gasteiger partial charge in [0.25, 0.3) is 0 Å². The van der Waals surface area contributed by atoms with E-state index in [-0.39, 0.29) is 17.7 Å². The molecule has 0 saturated carbocycles. The summed E-state index contributed by atoms with van der Waals surface area (Å²) in [6, 6.07) is 0. The first kappa shape index (κ1) is 13.7. The number of hydrogen-bond donors (Lipinski definition) is 2. The summed E-state index contributed by atoms with van der Waals surface area (Å²) in [6.07, 6.45) is 3.54. The highest BCUT2D eigenvalue weighted by Gasteiger charge is 2.25. The van der Waals surface area contributed by atoms with Crippen LogP contribution < -0.4 is 4.72 Å². The Kier molecular flexibility index (Phi) is 3.96. The Labute approximate surface area is 109 Å². The topological polar surface area (TPSA) is 118 Å². The van der Waals surface area contributed by atoms with Gasteiger partial charge in [0.1, 0.15) is 0 Å². The van der Waals surface area contributed by atoms with E-state index in [1.165, 1.54) is 12.4 Å². The number of aromatic nitrogens is 2. The second kappa shape index (κ2) is 5.49. The molecular formula is C10H13N3O5S. The number of aromatic carboxylic acids is 1. The molecule has 0 bridgehead atoms. The molecule has 1 fully saturated rings. The zero-order valence-corrected chi connectivity index (χ0v) is 10.8. The van der Waals surface area contributed by atoms with E-state index >= 15 is 0 Å². The third-order valence-corrected chi connectivity index (χ3v) is 3.90. The summed E-state index contributed by atoms with van der Waals surface area (Å²) >= 11 is 0. The monoisotopic (exact) mass is 287 g/mol. The molecule has 1 aliphatic heterocycles. The minimum atomic E-state index is -3.71. The molecule has 9 heteroatoms. The van der Waals surface area contributed by atoms with Crippen molar-refractivity contribution < 1.29 is 23.1 Å². The first-order valence-corrected chi connectivity index (χ1v) is 7.29. The van der Waals surface area contributed by atoms with Crippen molar-refractivity contribution in [2.75, 3.05) is 17.1 Å². The Hall–Kier alpha value is -1.74. The van der Waals surface area contributed by atoms with Gasteiger partial charge < -0.3 is 9.84 Å². The van der Waals surface area contributed by atoms with Crippen molar-refractivity contribution in [2.45, 2.75) is 18.9 Å². The number of nitrogens with one attached hydrogen (secondary N) is 1. The normalized spacial score (nSPS) is 19.3. The highest BCUT2D eigenvalue weighted by Crippen LogP contribution is 2.16. The van der Waals surface area contributed by atoms with Crippen LogP contribution in [-0.2, 0) is 14.8 Å². The van der Waals surface area contributed by atoms with Crippen LogP contribution in [-0.4, -0.2) is 47.9 Å². The third-order valence-electron chi connectivity index (χ3n) is 2.58. The minimum absolute atomic E-state index is 0.220. The van der Waals surface area contributed by atoms with Crippen molar-refractivity contribution in [3.05, 3.63) is 18.1 Å². The van der Waals surface area contributed by atoms with Crippen LogP contribution in [0.3, 0.4) is 0 Å². The van der Waals surface area contributed by atoms with E-state index in [4.69, 9.17) is 9.84 Å². The molecule has 1 aromatic heterocycles. The Morgan fingerprint density at radius 2 is 2.21 bits per heavy atom. The van der Waals surface area contributed by atoms with Crippen LogP contribution in [0.4, 0.5) is 5.82 Å². The summed E-state index contributed by atoms with van der Waals surface area (Å²) in [6.45, 7) is 0.547. The summed E-state index contributed by atoms with van der Waals surface area (Å²) in [5.74, 6) is -1.85. The van der Waals surface area contributed by atoms with Crippen molar-refractivity contribution >= 4 is 21.8 Å². The predicted molar refractivity (Wildman–Crippen MR) is 65.4 cm³/mol. The lowest BCUT2D eigenvalue weighted by atomic mass is 10.3. The van der Waals surface area contributed by atoms with Crippen LogP contribution in [0.2, 0.25) is 0 Å². The maximum absolute atomic E-state index is 11.9. The molecule has 1 aromatic rings. The average Bonchev–Trinajstić information content (AvgIpc) is 2.80. The second-order valence-electron chi connectivity index (χ2n) is 4.08.